The number of carbonyl (C=O) groups excluding carboxylic acids is 1. The molecule has 0 radical (unpaired) electrons. The fourth-order valence-corrected chi connectivity index (χ4v) is 3.46. The third-order valence-corrected chi connectivity index (χ3v) is 5.39. The van der Waals surface area contributed by atoms with Gasteiger partial charge in [-0.2, -0.15) is 0 Å². The Kier molecular flexibility index (Phi) is 7.10. The number of thiophene rings is 1. The van der Waals surface area contributed by atoms with E-state index in [4.69, 9.17) is 4.74 Å². The average molecular weight is 321 g/mol. The third kappa shape index (κ3) is 5.55. The molecular formula is C11H19N3O4S2. The quantitative estimate of drug-likeness (QED) is 0.533. The lowest BCUT2D eigenvalue weighted by Gasteiger charge is -2.05. The van der Waals surface area contributed by atoms with Gasteiger partial charge in [0.1, 0.15) is 4.21 Å². The summed E-state index contributed by atoms with van der Waals surface area (Å²) in [5.74, 6) is -0.146. The highest BCUT2D eigenvalue weighted by Crippen LogP contribution is 2.20. The lowest BCUT2D eigenvalue weighted by Crippen LogP contribution is -2.34. The van der Waals surface area contributed by atoms with Gasteiger partial charge in [0.15, 0.2) is 0 Å². The highest BCUT2D eigenvalue weighted by atomic mass is 32.2. The lowest BCUT2D eigenvalue weighted by atomic mass is 10.4. The lowest BCUT2D eigenvalue weighted by molar-refractivity contribution is -0.120. The zero-order chi connectivity index (χ0) is 15.0. The summed E-state index contributed by atoms with van der Waals surface area (Å²) in [5.41, 5.74) is 0. The Bertz CT molecular complexity index is 528. The zero-order valence-corrected chi connectivity index (χ0v) is 13.1. The van der Waals surface area contributed by atoms with Gasteiger partial charge in [0, 0.05) is 18.5 Å². The smallest absolute Gasteiger partial charge is 0.249 e. The third-order valence-electron chi connectivity index (χ3n) is 2.40. The SMILES string of the molecule is CNS(=O)(=O)c1ccc(CNC(=O)CNCCOC)s1. The van der Waals surface area contributed by atoms with E-state index in [1.165, 1.54) is 13.1 Å². The van der Waals surface area contributed by atoms with Crippen molar-refractivity contribution < 1.29 is 17.9 Å². The standard InChI is InChI=1S/C11H19N3O4S2/c1-12-20(16,17)11-4-3-9(19-11)7-14-10(15)8-13-5-6-18-2/h3-4,12-13H,5-8H2,1-2H3,(H,14,15). The molecule has 9 heteroatoms. The van der Waals surface area contributed by atoms with E-state index in [-0.39, 0.29) is 16.7 Å². The van der Waals surface area contributed by atoms with Gasteiger partial charge in [-0.15, -0.1) is 11.3 Å². The van der Waals surface area contributed by atoms with Crippen LogP contribution in [-0.2, 0) is 26.1 Å². The fraction of sp³-hybridized carbons (Fsp3) is 0.545. The second-order valence-electron chi connectivity index (χ2n) is 3.87. The highest BCUT2D eigenvalue weighted by Gasteiger charge is 2.14. The van der Waals surface area contributed by atoms with Crippen molar-refractivity contribution in [1.82, 2.24) is 15.4 Å². The van der Waals surface area contributed by atoms with E-state index in [1.54, 1.807) is 13.2 Å². The molecule has 0 saturated heterocycles. The summed E-state index contributed by atoms with van der Waals surface area (Å²) in [4.78, 5) is 12.3. The number of nitrogens with one attached hydrogen (secondary N) is 3. The molecule has 0 spiro atoms. The summed E-state index contributed by atoms with van der Waals surface area (Å²) < 4.78 is 30.4. The van der Waals surface area contributed by atoms with Crippen LogP contribution in [0.4, 0.5) is 0 Å². The van der Waals surface area contributed by atoms with Gasteiger partial charge in [-0.1, -0.05) is 0 Å². The number of hydrogen-bond donors (Lipinski definition) is 3. The summed E-state index contributed by atoms with van der Waals surface area (Å²) in [5, 5.41) is 5.63. The number of amides is 1. The summed E-state index contributed by atoms with van der Waals surface area (Å²) in [6.45, 7) is 1.67. The molecule has 0 aliphatic heterocycles. The van der Waals surface area contributed by atoms with Gasteiger partial charge in [0.2, 0.25) is 15.9 Å². The first-order chi connectivity index (χ1) is 9.49. The van der Waals surface area contributed by atoms with Gasteiger partial charge in [0.25, 0.3) is 0 Å². The Hall–Kier alpha value is -1.00. The van der Waals surface area contributed by atoms with E-state index in [1.807, 2.05) is 0 Å². The molecular weight excluding hydrogens is 302 g/mol. The molecule has 1 aromatic rings. The second kappa shape index (κ2) is 8.32. The maximum atomic E-state index is 11.5. The van der Waals surface area contributed by atoms with Crippen LogP contribution < -0.4 is 15.4 Å². The predicted molar refractivity (Wildman–Crippen MR) is 77.2 cm³/mol. The molecule has 7 nitrogen and oxygen atoms in total. The molecule has 0 bridgehead atoms. The van der Waals surface area contributed by atoms with Crippen molar-refractivity contribution >= 4 is 27.3 Å². The van der Waals surface area contributed by atoms with E-state index < -0.39 is 10.0 Å². The number of sulfonamides is 1. The first-order valence-corrected chi connectivity index (χ1v) is 8.28. The molecule has 1 aromatic heterocycles. The fourth-order valence-electron chi connectivity index (χ4n) is 1.32. The number of hydrogen-bond acceptors (Lipinski definition) is 6. The number of carbonyl (C=O) groups is 1. The van der Waals surface area contributed by atoms with Crippen LogP contribution in [0.5, 0.6) is 0 Å². The first kappa shape index (κ1) is 17.1. The van der Waals surface area contributed by atoms with Crippen LogP contribution in [0, 0.1) is 0 Å². The van der Waals surface area contributed by atoms with Crippen molar-refractivity contribution in [3.63, 3.8) is 0 Å². The van der Waals surface area contributed by atoms with Crippen molar-refractivity contribution in [2.24, 2.45) is 0 Å². The van der Waals surface area contributed by atoms with Crippen LogP contribution in [0.3, 0.4) is 0 Å². The van der Waals surface area contributed by atoms with Crippen molar-refractivity contribution in [3.8, 4) is 0 Å². The zero-order valence-electron chi connectivity index (χ0n) is 11.4. The van der Waals surface area contributed by atoms with Gasteiger partial charge in [-0.3, -0.25) is 4.79 Å². The molecule has 0 unspecified atom stereocenters. The van der Waals surface area contributed by atoms with Gasteiger partial charge in [-0.05, 0) is 19.2 Å². The molecule has 1 rings (SSSR count). The predicted octanol–water partition coefficient (Wildman–Crippen LogP) is -0.492. The van der Waals surface area contributed by atoms with E-state index in [0.717, 1.165) is 16.2 Å². The molecule has 1 heterocycles. The monoisotopic (exact) mass is 321 g/mol. The van der Waals surface area contributed by atoms with Gasteiger partial charge in [0.05, 0.1) is 19.7 Å². The van der Waals surface area contributed by atoms with Crippen LogP contribution >= 0.6 is 11.3 Å². The van der Waals surface area contributed by atoms with Crippen LogP contribution in [0.15, 0.2) is 16.3 Å². The van der Waals surface area contributed by atoms with Crippen molar-refractivity contribution in [1.29, 1.82) is 0 Å². The minimum Gasteiger partial charge on any atom is -0.383 e. The number of methoxy groups -OCH3 is 1. The Balaban J connectivity index is 2.37. The summed E-state index contributed by atoms with van der Waals surface area (Å²) in [6.07, 6.45) is 0. The van der Waals surface area contributed by atoms with Crippen LogP contribution in [-0.4, -0.2) is 48.2 Å². The Morgan fingerprint density at radius 3 is 2.80 bits per heavy atom. The van der Waals surface area contributed by atoms with Crippen LogP contribution in [0.25, 0.3) is 0 Å². The van der Waals surface area contributed by atoms with Gasteiger partial charge in [-0.25, -0.2) is 13.1 Å². The molecule has 0 saturated carbocycles. The highest BCUT2D eigenvalue weighted by molar-refractivity contribution is 7.91. The number of rotatable bonds is 9. The van der Waals surface area contributed by atoms with E-state index in [2.05, 4.69) is 15.4 Å². The number of ether oxygens (including phenoxy) is 1. The summed E-state index contributed by atoms with van der Waals surface area (Å²) >= 11 is 1.13. The molecule has 0 atom stereocenters. The summed E-state index contributed by atoms with van der Waals surface area (Å²) in [6, 6.07) is 3.21. The van der Waals surface area contributed by atoms with Gasteiger partial charge >= 0.3 is 0 Å². The van der Waals surface area contributed by atoms with Crippen LogP contribution in [0.2, 0.25) is 0 Å². The van der Waals surface area contributed by atoms with E-state index >= 15 is 0 Å². The normalized spacial score (nSPS) is 11.5. The molecule has 3 N–H and O–H groups in total. The molecule has 20 heavy (non-hydrogen) atoms. The summed E-state index contributed by atoms with van der Waals surface area (Å²) in [7, 11) is -0.451. The topological polar surface area (TPSA) is 96.5 Å². The minimum absolute atomic E-state index is 0.146. The largest absolute Gasteiger partial charge is 0.383 e. The van der Waals surface area contributed by atoms with Crippen LogP contribution in [0.1, 0.15) is 4.88 Å². The minimum atomic E-state index is -3.41. The molecule has 114 valence electrons. The Labute approximate surface area is 122 Å². The molecule has 1 amide bonds. The second-order valence-corrected chi connectivity index (χ2v) is 7.16. The average Bonchev–Trinajstić information content (AvgIpc) is 2.91. The van der Waals surface area contributed by atoms with E-state index in [9.17, 15) is 13.2 Å². The van der Waals surface area contributed by atoms with Crippen molar-refractivity contribution in [2.45, 2.75) is 10.8 Å². The van der Waals surface area contributed by atoms with E-state index in [0.29, 0.717) is 19.7 Å². The Morgan fingerprint density at radius 2 is 2.15 bits per heavy atom. The van der Waals surface area contributed by atoms with Crippen molar-refractivity contribution in [2.75, 3.05) is 33.9 Å². The maximum Gasteiger partial charge on any atom is 0.249 e. The molecule has 0 aliphatic carbocycles. The van der Waals surface area contributed by atoms with Gasteiger partial charge < -0.3 is 15.4 Å². The van der Waals surface area contributed by atoms with Crippen molar-refractivity contribution in [3.05, 3.63) is 17.0 Å². The molecule has 0 aromatic carbocycles. The maximum absolute atomic E-state index is 11.5. The molecule has 0 fully saturated rings. The Morgan fingerprint density at radius 1 is 1.40 bits per heavy atom. The first-order valence-electron chi connectivity index (χ1n) is 5.98. The molecule has 0 aliphatic rings.